The first kappa shape index (κ1) is 13.8. The number of aromatic nitrogens is 1. The summed E-state index contributed by atoms with van der Waals surface area (Å²) in [7, 11) is -3.47. The highest BCUT2D eigenvalue weighted by Gasteiger charge is 2.39. The van der Waals surface area contributed by atoms with Crippen molar-refractivity contribution in [3.63, 3.8) is 0 Å². The molecule has 3 rings (SSSR count). The Bertz CT molecular complexity index is 573. The zero-order chi connectivity index (χ0) is 14.2. The maximum Gasteiger partial charge on any atom is 0.242 e. The maximum absolute atomic E-state index is 12.2. The zero-order valence-electron chi connectivity index (χ0n) is 11.2. The van der Waals surface area contributed by atoms with Crippen molar-refractivity contribution in [2.75, 3.05) is 12.0 Å². The van der Waals surface area contributed by atoms with Crippen molar-refractivity contribution in [2.24, 2.45) is 23.6 Å². The number of nitrogens with zero attached hydrogens (tertiary/aromatic N) is 1. The standard InChI is InChI=1S/C13H20N4O2S/c14-17-13-4-3-12(8-15-13)20(18,19)16-7-11-6-9-1-2-10(11)5-9/h3-4,8-11,16H,1-2,5-7,14H2,(H,15,17). The number of hydrogen-bond donors (Lipinski definition) is 3. The third-order valence-electron chi connectivity index (χ3n) is 4.61. The average molecular weight is 296 g/mol. The highest BCUT2D eigenvalue weighted by molar-refractivity contribution is 7.89. The molecule has 0 aromatic carbocycles. The summed E-state index contributed by atoms with van der Waals surface area (Å²) >= 11 is 0. The molecule has 6 nitrogen and oxygen atoms in total. The van der Waals surface area contributed by atoms with Gasteiger partial charge in [-0.15, -0.1) is 0 Å². The smallest absolute Gasteiger partial charge is 0.242 e. The predicted molar refractivity (Wildman–Crippen MR) is 76.2 cm³/mol. The van der Waals surface area contributed by atoms with Crippen molar-refractivity contribution in [1.82, 2.24) is 9.71 Å². The molecule has 2 bridgehead atoms. The van der Waals surface area contributed by atoms with E-state index in [9.17, 15) is 8.42 Å². The summed E-state index contributed by atoms with van der Waals surface area (Å²) in [5.74, 6) is 7.69. The van der Waals surface area contributed by atoms with Gasteiger partial charge in [0.25, 0.3) is 0 Å². The van der Waals surface area contributed by atoms with Gasteiger partial charge >= 0.3 is 0 Å². The lowest BCUT2D eigenvalue weighted by atomic mass is 9.89. The van der Waals surface area contributed by atoms with Crippen molar-refractivity contribution in [2.45, 2.75) is 30.6 Å². The summed E-state index contributed by atoms with van der Waals surface area (Å²) in [6, 6.07) is 3.05. The Kier molecular flexibility index (Phi) is 3.66. The summed E-state index contributed by atoms with van der Waals surface area (Å²) < 4.78 is 27.1. The number of sulfonamides is 1. The average Bonchev–Trinajstić information content (AvgIpc) is 3.08. The van der Waals surface area contributed by atoms with Gasteiger partial charge in [0.15, 0.2) is 0 Å². The molecule has 2 aliphatic rings. The summed E-state index contributed by atoms with van der Waals surface area (Å²) in [5.41, 5.74) is 2.37. The number of nitrogens with two attached hydrogens (primary N) is 1. The van der Waals surface area contributed by atoms with Gasteiger partial charge in [0.2, 0.25) is 10.0 Å². The lowest BCUT2D eigenvalue weighted by molar-refractivity contribution is 0.333. The molecule has 0 spiro atoms. The Labute approximate surface area is 119 Å². The minimum Gasteiger partial charge on any atom is -0.308 e. The van der Waals surface area contributed by atoms with Crippen LogP contribution in [0.25, 0.3) is 0 Å². The molecule has 1 heterocycles. The van der Waals surface area contributed by atoms with E-state index in [1.54, 1.807) is 6.07 Å². The van der Waals surface area contributed by atoms with E-state index in [-0.39, 0.29) is 4.90 Å². The Morgan fingerprint density at radius 2 is 2.15 bits per heavy atom. The van der Waals surface area contributed by atoms with Gasteiger partial charge in [-0.25, -0.2) is 24.0 Å². The maximum atomic E-state index is 12.2. The van der Waals surface area contributed by atoms with Crippen LogP contribution in [0.15, 0.2) is 23.2 Å². The van der Waals surface area contributed by atoms with Crippen molar-refractivity contribution >= 4 is 15.8 Å². The number of nitrogens with one attached hydrogen (secondary N) is 2. The monoisotopic (exact) mass is 296 g/mol. The van der Waals surface area contributed by atoms with Crippen LogP contribution in [-0.2, 0) is 10.0 Å². The second-order valence-electron chi connectivity index (χ2n) is 5.81. The van der Waals surface area contributed by atoms with E-state index in [1.807, 2.05) is 0 Å². The van der Waals surface area contributed by atoms with Gasteiger partial charge in [0.1, 0.15) is 10.7 Å². The molecular weight excluding hydrogens is 276 g/mol. The Morgan fingerprint density at radius 1 is 1.30 bits per heavy atom. The van der Waals surface area contributed by atoms with E-state index in [1.165, 1.54) is 37.9 Å². The summed E-state index contributed by atoms with van der Waals surface area (Å²) in [6.07, 6.45) is 6.35. The normalized spacial score (nSPS) is 28.8. The quantitative estimate of drug-likeness (QED) is 0.558. The van der Waals surface area contributed by atoms with E-state index in [4.69, 9.17) is 5.84 Å². The van der Waals surface area contributed by atoms with Crippen LogP contribution >= 0.6 is 0 Å². The fourth-order valence-corrected chi connectivity index (χ4v) is 4.59. The first-order valence-electron chi connectivity index (χ1n) is 7.01. The van der Waals surface area contributed by atoms with Crippen LogP contribution in [0.1, 0.15) is 25.7 Å². The Morgan fingerprint density at radius 3 is 2.70 bits per heavy atom. The molecule has 110 valence electrons. The van der Waals surface area contributed by atoms with E-state index in [0.29, 0.717) is 24.2 Å². The zero-order valence-corrected chi connectivity index (χ0v) is 12.1. The van der Waals surface area contributed by atoms with E-state index in [2.05, 4.69) is 15.1 Å². The van der Waals surface area contributed by atoms with Crippen molar-refractivity contribution in [1.29, 1.82) is 0 Å². The summed E-state index contributed by atoms with van der Waals surface area (Å²) in [5, 5.41) is 0. The molecule has 0 aliphatic heterocycles. The molecule has 1 aromatic rings. The molecular formula is C13H20N4O2S. The molecule has 3 atom stereocenters. The molecule has 2 fully saturated rings. The molecule has 1 aromatic heterocycles. The minimum absolute atomic E-state index is 0.180. The topological polar surface area (TPSA) is 97.1 Å². The Balaban J connectivity index is 1.63. The second-order valence-corrected chi connectivity index (χ2v) is 7.58. The van der Waals surface area contributed by atoms with Gasteiger partial charge in [-0.1, -0.05) is 6.42 Å². The first-order valence-corrected chi connectivity index (χ1v) is 8.49. The van der Waals surface area contributed by atoms with Gasteiger partial charge in [0, 0.05) is 12.7 Å². The Hall–Kier alpha value is -1.18. The summed E-state index contributed by atoms with van der Waals surface area (Å²) in [4.78, 5) is 4.11. The third kappa shape index (κ3) is 2.65. The molecule has 0 amide bonds. The molecule has 20 heavy (non-hydrogen) atoms. The van der Waals surface area contributed by atoms with E-state index < -0.39 is 10.0 Å². The van der Waals surface area contributed by atoms with E-state index >= 15 is 0 Å². The molecule has 2 aliphatic carbocycles. The second kappa shape index (κ2) is 5.31. The minimum atomic E-state index is -3.47. The number of pyridine rings is 1. The van der Waals surface area contributed by atoms with Crippen LogP contribution in [0.4, 0.5) is 5.82 Å². The van der Waals surface area contributed by atoms with Gasteiger partial charge in [-0.2, -0.15) is 0 Å². The van der Waals surface area contributed by atoms with Crippen molar-refractivity contribution in [3.8, 4) is 0 Å². The fourth-order valence-electron chi connectivity index (χ4n) is 3.55. The van der Waals surface area contributed by atoms with Crippen LogP contribution in [0, 0.1) is 17.8 Å². The van der Waals surface area contributed by atoms with Crippen molar-refractivity contribution < 1.29 is 8.42 Å². The number of anilines is 1. The lowest BCUT2D eigenvalue weighted by Gasteiger charge is -2.21. The fraction of sp³-hybridized carbons (Fsp3) is 0.615. The molecule has 2 saturated carbocycles. The number of rotatable bonds is 5. The largest absolute Gasteiger partial charge is 0.308 e. The SMILES string of the molecule is NNc1ccc(S(=O)(=O)NCC2CC3CCC2C3)cn1. The molecule has 0 radical (unpaired) electrons. The van der Waals surface area contributed by atoms with Crippen LogP contribution in [0.5, 0.6) is 0 Å². The molecule has 0 saturated heterocycles. The highest BCUT2D eigenvalue weighted by Crippen LogP contribution is 2.48. The van der Waals surface area contributed by atoms with Gasteiger partial charge in [-0.3, -0.25) is 0 Å². The van der Waals surface area contributed by atoms with Crippen molar-refractivity contribution in [3.05, 3.63) is 18.3 Å². The van der Waals surface area contributed by atoms with Crippen LogP contribution in [-0.4, -0.2) is 19.9 Å². The summed E-state index contributed by atoms with van der Waals surface area (Å²) in [6.45, 7) is 0.542. The highest BCUT2D eigenvalue weighted by atomic mass is 32.2. The third-order valence-corrected chi connectivity index (χ3v) is 6.02. The molecule has 3 unspecified atom stereocenters. The molecule has 4 N–H and O–H groups in total. The number of fused-ring (bicyclic) bond motifs is 2. The van der Waals surface area contributed by atoms with E-state index in [0.717, 1.165) is 5.92 Å². The van der Waals surface area contributed by atoms with Gasteiger partial charge < -0.3 is 5.43 Å². The van der Waals surface area contributed by atoms with Gasteiger partial charge in [0.05, 0.1) is 0 Å². The van der Waals surface area contributed by atoms with Gasteiger partial charge in [-0.05, 0) is 49.1 Å². The number of nitrogen functional groups attached to an aromatic ring is 1. The number of hydrogen-bond acceptors (Lipinski definition) is 5. The lowest BCUT2D eigenvalue weighted by Crippen LogP contribution is -2.31. The van der Waals surface area contributed by atoms with Crippen LogP contribution in [0.3, 0.4) is 0 Å². The number of hydrazine groups is 1. The van der Waals surface area contributed by atoms with Crippen LogP contribution < -0.4 is 16.0 Å². The predicted octanol–water partition coefficient (Wildman–Crippen LogP) is 1.08. The first-order chi connectivity index (χ1) is 9.58. The molecule has 7 heteroatoms. The van der Waals surface area contributed by atoms with Crippen LogP contribution in [0.2, 0.25) is 0 Å².